The van der Waals surface area contributed by atoms with Crippen LogP contribution in [0.2, 0.25) is 0 Å². The number of ether oxygens (including phenoxy) is 2. The fourth-order valence-corrected chi connectivity index (χ4v) is 4.12. The van der Waals surface area contributed by atoms with Gasteiger partial charge in [0.15, 0.2) is 11.5 Å². The topological polar surface area (TPSA) is 115 Å². The number of likely N-dealkylation sites (tertiary alicyclic amines) is 1. The Balaban J connectivity index is 1.06. The molecule has 3 aromatic rings. The lowest BCUT2D eigenvalue weighted by Crippen LogP contribution is -2.54. The number of carbonyl (C=O) groups excluding carboxylic acids is 1. The minimum Gasteiger partial charge on any atom is -0.454 e. The first-order valence-electron chi connectivity index (χ1n) is 10.2. The summed E-state index contributed by atoms with van der Waals surface area (Å²) in [4.78, 5) is 23.2. The molecule has 0 spiro atoms. The van der Waals surface area contributed by atoms with Crippen LogP contribution in [0.1, 0.15) is 29.8 Å². The molecular formula is C21H20N6O4. The lowest BCUT2D eigenvalue weighted by molar-refractivity contribution is -0.138. The third-order valence-electron chi connectivity index (χ3n) is 5.92. The Morgan fingerprint density at radius 1 is 1.06 bits per heavy atom. The molecule has 0 aliphatic carbocycles. The zero-order chi connectivity index (χ0) is 20.8. The predicted molar refractivity (Wildman–Crippen MR) is 107 cm³/mol. The van der Waals surface area contributed by atoms with Gasteiger partial charge in [-0.2, -0.15) is 4.98 Å². The molecule has 2 fully saturated rings. The average Bonchev–Trinajstić information content (AvgIpc) is 3.52. The van der Waals surface area contributed by atoms with Crippen LogP contribution in [0.15, 0.2) is 47.2 Å². The van der Waals surface area contributed by atoms with Gasteiger partial charge >= 0.3 is 0 Å². The summed E-state index contributed by atoms with van der Waals surface area (Å²) in [7, 11) is 0. The molecule has 5 heterocycles. The first-order valence-corrected chi connectivity index (χ1v) is 10.2. The van der Waals surface area contributed by atoms with E-state index in [0.29, 0.717) is 31.2 Å². The number of nitrogens with zero attached hydrogens (tertiary/aromatic N) is 4. The molecule has 2 aromatic heterocycles. The molecule has 3 aliphatic rings. The van der Waals surface area contributed by atoms with E-state index < -0.39 is 0 Å². The van der Waals surface area contributed by atoms with Gasteiger partial charge in [-0.1, -0.05) is 11.2 Å². The highest BCUT2D eigenvalue weighted by Crippen LogP contribution is 2.36. The number of benzene rings is 1. The highest BCUT2D eigenvalue weighted by molar-refractivity contribution is 5.83. The third-order valence-corrected chi connectivity index (χ3v) is 5.92. The summed E-state index contributed by atoms with van der Waals surface area (Å²) < 4.78 is 16.2. The van der Waals surface area contributed by atoms with Gasteiger partial charge < -0.3 is 18.9 Å². The van der Waals surface area contributed by atoms with Crippen molar-refractivity contribution in [1.82, 2.24) is 30.9 Å². The highest BCUT2D eigenvalue weighted by Gasteiger charge is 2.40. The van der Waals surface area contributed by atoms with Crippen molar-refractivity contribution in [3.8, 4) is 22.9 Å². The van der Waals surface area contributed by atoms with Crippen molar-refractivity contribution in [2.75, 3.05) is 19.9 Å². The van der Waals surface area contributed by atoms with Crippen LogP contribution in [0.25, 0.3) is 11.4 Å². The normalized spacial score (nSPS) is 22.5. The summed E-state index contributed by atoms with van der Waals surface area (Å²) in [6.07, 6.45) is 4.04. The average molecular weight is 420 g/mol. The largest absolute Gasteiger partial charge is 0.454 e. The van der Waals surface area contributed by atoms with E-state index in [1.807, 2.05) is 35.2 Å². The molecule has 2 saturated heterocycles. The second-order valence-corrected chi connectivity index (χ2v) is 7.87. The summed E-state index contributed by atoms with van der Waals surface area (Å²) in [6, 6.07) is 9.27. The van der Waals surface area contributed by atoms with Gasteiger partial charge in [-0.15, -0.1) is 0 Å². The summed E-state index contributed by atoms with van der Waals surface area (Å²) >= 11 is 0. The fourth-order valence-electron chi connectivity index (χ4n) is 4.12. The van der Waals surface area contributed by atoms with Crippen molar-refractivity contribution in [3.63, 3.8) is 0 Å². The van der Waals surface area contributed by atoms with E-state index in [-0.39, 0.29) is 30.7 Å². The lowest BCUT2D eigenvalue weighted by Gasteiger charge is -2.38. The Morgan fingerprint density at radius 2 is 1.90 bits per heavy atom. The number of carbonyl (C=O) groups is 1. The summed E-state index contributed by atoms with van der Waals surface area (Å²) in [6.45, 7) is 1.39. The van der Waals surface area contributed by atoms with Gasteiger partial charge in [0.25, 0.3) is 0 Å². The summed E-state index contributed by atoms with van der Waals surface area (Å²) in [5.41, 5.74) is 8.27. The minimum atomic E-state index is -0.286. The van der Waals surface area contributed by atoms with Crippen LogP contribution in [0.3, 0.4) is 0 Å². The SMILES string of the molecule is O=C(C1CC(c2ccc3c(c2)OCO3)NN1)N1CC(c2nc(-c3ccncc3)no2)C1. The number of rotatable bonds is 4. The molecule has 1 amide bonds. The van der Waals surface area contributed by atoms with E-state index in [2.05, 4.69) is 26.0 Å². The van der Waals surface area contributed by atoms with E-state index in [9.17, 15) is 4.79 Å². The number of hydrogen-bond donors (Lipinski definition) is 2. The number of pyridine rings is 1. The second-order valence-electron chi connectivity index (χ2n) is 7.87. The molecule has 2 atom stereocenters. The molecule has 10 heteroatoms. The summed E-state index contributed by atoms with van der Waals surface area (Å²) in [5, 5.41) is 4.05. The Kier molecular flexibility index (Phi) is 4.32. The molecule has 10 nitrogen and oxygen atoms in total. The smallest absolute Gasteiger partial charge is 0.241 e. The predicted octanol–water partition coefficient (Wildman–Crippen LogP) is 1.39. The fraction of sp³-hybridized carbons (Fsp3) is 0.333. The maximum absolute atomic E-state index is 12.9. The van der Waals surface area contributed by atoms with Crippen LogP contribution in [0, 0.1) is 0 Å². The van der Waals surface area contributed by atoms with Crippen LogP contribution in [-0.4, -0.2) is 51.9 Å². The van der Waals surface area contributed by atoms with Crippen molar-refractivity contribution >= 4 is 5.91 Å². The molecule has 0 radical (unpaired) electrons. The van der Waals surface area contributed by atoms with Crippen LogP contribution in [0.5, 0.6) is 11.5 Å². The highest BCUT2D eigenvalue weighted by atomic mass is 16.7. The Labute approximate surface area is 177 Å². The van der Waals surface area contributed by atoms with E-state index >= 15 is 0 Å². The maximum Gasteiger partial charge on any atom is 0.241 e. The summed E-state index contributed by atoms with van der Waals surface area (Å²) in [5.74, 6) is 2.72. The number of amides is 1. The van der Waals surface area contributed by atoms with Gasteiger partial charge in [-0.05, 0) is 36.2 Å². The number of fused-ring (bicyclic) bond motifs is 1. The van der Waals surface area contributed by atoms with Crippen LogP contribution in [0.4, 0.5) is 0 Å². The molecule has 158 valence electrons. The monoisotopic (exact) mass is 420 g/mol. The maximum atomic E-state index is 12.9. The van der Waals surface area contributed by atoms with Gasteiger partial charge in [-0.3, -0.25) is 9.78 Å². The van der Waals surface area contributed by atoms with E-state index in [4.69, 9.17) is 14.0 Å². The van der Waals surface area contributed by atoms with Crippen molar-refractivity contribution in [1.29, 1.82) is 0 Å². The zero-order valence-corrected chi connectivity index (χ0v) is 16.5. The second kappa shape index (κ2) is 7.33. The lowest BCUT2D eigenvalue weighted by atomic mass is 9.96. The van der Waals surface area contributed by atoms with Crippen LogP contribution in [-0.2, 0) is 4.79 Å². The van der Waals surface area contributed by atoms with Crippen molar-refractivity contribution in [2.45, 2.75) is 24.4 Å². The molecule has 1 aromatic carbocycles. The van der Waals surface area contributed by atoms with Crippen LogP contribution < -0.4 is 20.3 Å². The molecule has 0 bridgehead atoms. The Bertz CT molecular complexity index is 1110. The van der Waals surface area contributed by atoms with Crippen LogP contribution >= 0.6 is 0 Å². The van der Waals surface area contributed by atoms with Crippen molar-refractivity contribution in [3.05, 3.63) is 54.2 Å². The van der Waals surface area contributed by atoms with Gasteiger partial charge in [0.1, 0.15) is 6.04 Å². The standard InChI is InChI=1S/C21H20N6O4/c28-21(16-8-15(24-25-16)13-1-2-17-18(7-13)30-11-29-17)27-9-14(10-27)20-23-19(26-31-20)12-3-5-22-6-4-12/h1-7,14-16,24-25H,8-11H2. The number of aromatic nitrogens is 3. The van der Waals surface area contributed by atoms with Gasteiger partial charge in [0.2, 0.25) is 24.4 Å². The molecule has 31 heavy (non-hydrogen) atoms. The van der Waals surface area contributed by atoms with E-state index in [1.165, 1.54) is 0 Å². The number of hydrogen-bond acceptors (Lipinski definition) is 9. The number of nitrogens with one attached hydrogen (secondary N) is 2. The van der Waals surface area contributed by atoms with Gasteiger partial charge in [-0.25, -0.2) is 10.9 Å². The molecular weight excluding hydrogens is 400 g/mol. The molecule has 3 aliphatic heterocycles. The van der Waals surface area contributed by atoms with Crippen molar-refractivity contribution in [2.24, 2.45) is 0 Å². The van der Waals surface area contributed by atoms with Gasteiger partial charge in [0, 0.05) is 37.1 Å². The van der Waals surface area contributed by atoms with E-state index in [0.717, 1.165) is 22.6 Å². The quantitative estimate of drug-likeness (QED) is 0.646. The molecule has 2 N–H and O–H groups in total. The Morgan fingerprint density at radius 3 is 2.77 bits per heavy atom. The molecule has 6 rings (SSSR count). The van der Waals surface area contributed by atoms with Crippen molar-refractivity contribution < 1.29 is 18.8 Å². The van der Waals surface area contributed by atoms with Gasteiger partial charge in [0.05, 0.1) is 5.92 Å². The molecule has 2 unspecified atom stereocenters. The first-order chi connectivity index (χ1) is 15.2. The van der Waals surface area contributed by atoms with E-state index in [1.54, 1.807) is 12.4 Å². The minimum absolute atomic E-state index is 0.0272. The number of hydrazine groups is 1. The first kappa shape index (κ1) is 18.3. The Hall–Kier alpha value is -3.50. The zero-order valence-electron chi connectivity index (χ0n) is 16.5. The third kappa shape index (κ3) is 3.29. The molecule has 0 saturated carbocycles.